The molecule has 2 aromatic rings. The van der Waals surface area contributed by atoms with Crippen molar-refractivity contribution < 1.29 is 23.1 Å². The van der Waals surface area contributed by atoms with Gasteiger partial charge in [0.05, 0.1) is 5.56 Å². The van der Waals surface area contributed by atoms with E-state index in [0.717, 1.165) is 6.07 Å². The lowest BCUT2D eigenvalue weighted by Crippen LogP contribution is -2.16. The van der Waals surface area contributed by atoms with Crippen LogP contribution in [0.4, 0.5) is 13.2 Å². The Balaban J connectivity index is 0.00000220. The summed E-state index contributed by atoms with van der Waals surface area (Å²) in [5.74, 6) is -1.22. The molecule has 0 fully saturated rings. The van der Waals surface area contributed by atoms with E-state index in [1.165, 1.54) is 11.5 Å². The van der Waals surface area contributed by atoms with Gasteiger partial charge < -0.3 is 15.4 Å². The van der Waals surface area contributed by atoms with Gasteiger partial charge in [0.2, 0.25) is 0 Å². The van der Waals surface area contributed by atoms with Gasteiger partial charge in [-0.15, -0.1) is 12.4 Å². The van der Waals surface area contributed by atoms with Crippen molar-refractivity contribution in [2.75, 3.05) is 6.54 Å². The van der Waals surface area contributed by atoms with Crippen molar-refractivity contribution in [1.82, 2.24) is 9.55 Å². The van der Waals surface area contributed by atoms with Crippen molar-refractivity contribution in [2.45, 2.75) is 19.6 Å². The molecule has 0 unspecified atom stereocenters. The third-order valence-corrected chi connectivity index (χ3v) is 3.03. The number of aromatic carboxylic acids is 1. The smallest absolute Gasteiger partial charge is 0.417 e. The number of carbonyl (C=O) groups is 1. The third kappa shape index (κ3) is 2.96. The zero-order valence-electron chi connectivity index (χ0n) is 10.9. The summed E-state index contributed by atoms with van der Waals surface area (Å²) >= 11 is 0. The predicted octanol–water partition coefficient (Wildman–Crippen LogP) is 2.44. The van der Waals surface area contributed by atoms with E-state index in [1.54, 1.807) is 0 Å². The topological polar surface area (TPSA) is 81.1 Å². The second-order valence-corrected chi connectivity index (χ2v) is 4.31. The SMILES string of the molecule is Cc1c(C(=O)O)n(CCN)c2ncc(C(F)(F)F)cc12.Cl. The lowest BCUT2D eigenvalue weighted by atomic mass is 10.1. The molecule has 116 valence electrons. The van der Waals surface area contributed by atoms with Crippen molar-refractivity contribution in [3.8, 4) is 0 Å². The Morgan fingerprint density at radius 1 is 1.48 bits per heavy atom. The summed E-state index contributed by atoms with van der Waals surface area (Å²) in [4.78, 5) is 15.0. The van der Waals surface area contributed by atoms with Crippen LogP contribution in [0.2, 0.25) is 0 Å². The maximum absolute atomic E-state index is 12.7. The number of hydrogen-bond donors (Lipinski definition) is 2. The number of hydrogen-bond acceptors (Lipinski definition) is 3. The van der Waals surface area contributed by atoms with Gasteiger partial charge in [-0.05, 0) is 18.6 Å². The molecule has 0 saturated carbocycles. The van der Waals surface area contributed by atoms with Gasteiger partial charge in [0.15, 0.2) is 0 Å². The Kier molecular flexibility index (Phi) is 4.85. The first-order chi connectivity index (χ1) is 9.27. The van der Waals surface area contributed by atoms with Gasteiger partial charge in [-0.1, -0.05) is 0 Å². The number of alkyl halides is 3. The fourth-order valence-corrected chi connectivity index (χ4v) is 2.16. The lowest BCUT2D eigenvalue weighted by molar-refractivity contribution is -0.137. The van der Waals surface area contributed by atoms with E-state index in [4.69, 9.17) is 5.73 Å². The van der Waals surface area contributed by atoms with Crippen molar-refractivity contribution in [3.63, 3.8) is 0 Å². The van der Waals surface area contributed by atoms with Crippen LogP contribution in [0.1, 0.15) is 21.6 Å². The third-order valence-electron chi connectivity index (χ3n) is 3.03. The van der Waals surface area contributed by atoms with Crippen molar-refractivity contribution in [3.05, 3.63) is 29.1 Å². The highest BCUT2D eigenvalue weighted by atomic mass is 35.5. The van der Waals surface area contributed by atoms with Gasteiger partial charge in [0.1, 0.15) is 11.3 Å². The van der Waals surface area contributed by atoms with Gasteiger partial charge in [-0.25, -0.2) is 9.78 Å². The molecule has 0 aliphatic rings. The maximum Gasteiger partial charge on any atom is 0.417 e. The van der Waals surface area contributed by atoms with Crippen LogP contribution in [-0.4, -0.2) is 27.2 Å². The van der Waals surface area contributed by atoms with Crippen LogP contribution in [0, 0.1) is 6.92 Å². The van der Waals surface area contributed by atoms with Crippen molar-refractivity contribution in [1.29, 1.82) is 0 Å². The van der Waals surface area contributed by atoms with Crippen LogP contribution in [0.5, 0.6) is 0 Å². The molecule has 0 radical (unpaired) electrons. The number of carboxylic acids is 1. The average Bonchev–Trinajstić information content (AvgIpc) is 2.62. The Morgan fingerprint density at radius 2 is 2.10 bits per heavy atom. The first-order valence-corrected chi connectivity index (χ1v) is 5.76. The molecule has 0 atom stereocenters. The normalized spacial score (nSPS) is 11.5. The molecule has 5 nitrogen and oxygen atoms in total. The summed E-state index contributed by atoms with van der Waals surface area (Å²) in [7, 11) is 0. The Hall–Kier alpha value is -1.80. The fourth-order valence-electron chi connectivity index (χ4n) is 2.16. The molecular formula is C12H13ClF3N3O2. The molecule has 0 aliphatic heterocycles. The van der Waals surface area contributed by atoms with Crippen LogP contribution in [0.25, 0.3) is 11.0 Å². The number of fused-ring (bicyclic) bond motifs is 1. The quantitative estimate of drug-likeness (QED) is 0.909. The maximum atomic E-state index is 12.7. The zero-order valence-corrected chi connectivity index (χ0v) is 11.8. The standard InChI is InChI=1S/C12H12F3N3O2.ClH/c1-6-8-4-7(12(13,14)15)5-17-10(8)18(3-2-16)9(6)11(19)20;/h4-5H,2-3,16H2,1H3,(H,19,20);1H. The van der Waals surface area contributed by atoms with E-state index in [-0.39, 0.29) is 47.8 Å². The van der Waals surface area contributed by atoms with E-state index in [0.29, 0.717) is 6.20 Å². The highest BCUT2D eigenvalue weighted by molar-refractivity contribution is 5.97. The molecular weight excluding hydrogens is 311 g/mol. The number of nitrogens with two attached hydrogens (primary N) is 1. The molecule has 0 amide bonds. The second kappa shape index (κ2) is 5.90. The summed E-state index contributed by atoms with van der Waals surface area (Å²) in [5.41, 5.74) is 4.86. The van der Waals surface area contributed by atoms with Gasteiger partial charge in [-0.3, -0.25) is 0 Å². The van der Waals surface area contributed by atoms with Crippen molar-refractivity contribution >= 4 is 29.4 Å². The van der Waals surface area contributed by atoms with Crippen LogP contribution in [-0.2, 0) is 12.7 Å². The Labute approximate surface area is 124 Å². The number of nitrogens with zero attached hydrogens (tertiary/aromatic N) is 2. The van der Waals surface area contributed by atoms with Gasteiger partial charge in [0, 0.05) is 24.7 Å². The Bertz CT molecular complexity index is 682. The van der Waals surface area contributed by atoms with E-state index in [2.05, 4.69) is 4.98 Å². The van der Waals surface area contributed by atoms with E-state index in [9.17, 15) is 23.1 Å². The Morgan fingerprint density at radius 3 is 2.57 bits per heavy atom. The molecule has 2 heterocycles. The van der Waals surface area contributed by atoms with Crippen molar-refractivity contribution in [2.24, 2.45) is 5.73 Å². The van der Waals surface area contributed by atoms with Gasteiger partial charge in [0.25, 0.3) is 0 Å². The number of rotatable bonds is 3. The molecule has 2 rings (SSSR count). The molecule has 9 heteroatoms. The minimum Gasteiger partial charge on any atom is -0.477 e. The molecule has 0 saturated heterocycles. The summed E-state index contributed by atoms with van der Waals surface area (Å²) in [6.45, 7) is 1.79. The number of carboxylic acid groups (broad SMARTS) is 1. The zero-order chi connectivity index (χ0) is 15.1. The average molecular weight is 324 g/mol. The minimum absolute atomic E-state index is 0. The summed E-state index contributed by atoms with van der Waals surface area (Å²) in [6.07, 6.45) is -3.83. The summed E-state index contributed by atoms with van der Waals surface area (Å²) < 4.78 is 39.4. The van der Waals surface area contributed by atoms with E-state index >= 15 is 0 Å². The van der Waals surface area contributed by atoms with Gasteiger partial charge >= 0.3 is 12.1 Å². The first kappa shape index (κ1) is 17.3. The highest BCUT2D eigenvalue weighted by Crippen LogP contribution is 2.33. The van der Waals surface area contributed by atoms with E-state index in [1.807, 2.05) is 0 Å². The molecule has 0 bridgehead atoms. The largest absolute Gasteiger partial charge is 0.477 e. The van der Waals surface area contributed by atoms with Crippen LogP contribution in [0.15, 0.2) is 12.3 Å². The first-order valence-electron chi connectivity index (χ1n) is 5.76. The molecule has 2 aromatic heterocycles. The summed E-state index contributed by atoms with van der Waals surface area (Å²) in [5, 5.41) is 9.36. The molecule has 0 spiro atoms. The van der Waals surface area contributed by atoms with Crippen LogP contribution >= 0.6 is 12.4 Å². The minimum atomic E-state index is -4.52. The molecule has 21 heavy (non-hydrogen) atoms. The number of pyridine rings is 1. The molecule has 3 N–H and O–H groups in total. The fraction of sp³-hybridized carbons (Fsp3) is 0.333. The van der Waals surface area contributed by atoms with E-state index < -0.39 is 17.7 Å². The van der Waals surface area contributed by atoms with Crippen LogP contribution < -0.4 is 5.73 Å². The van der Waals surface area contributed by atoms with Crippen LogP contribution in [0.3, 0.4) is 0 Å². The summed E-state index contributed by atoms with van der Waals surface area (Å²) in [6, 6.07) is 0.914. The number of halogens is 4. The monoisotopic (exact) mass is 323 g/mol. The predicted molar refractivity (Wildman–Crippen MR) is 72.7 cm³/mol. The second-order valence-electron chi connectivity index (χ2n) is 4.31. The lowest BCUT2D eigenvalue weighted by Gasteiger charge is -2.07. The molecule has 0 aliphatic carbocycles. The number of aryl methyl sites for hydroxylation is 1. The number of aromatic nitrogens is 2. The van der Waals surface area contributed by atoms with Gasteiger partial charge in [-0.2, -0.15) is 13.2 Å². The molecule has 0 aromatic carbocycles. The highest BCUT2D eigenvalue weighted by Gasteiger charge is 2.32.